The fraction of sp³-hybridized carbons (Fsp3) is 0.750. The maximum atomic E-state index is 5.52. The molecule has 0 unspecified atom stereocenters. The lowest BCUT2D eigenvalue weighted by atomic mass is 10.5. The van der Waals surface area contributed by atoms with Gasteiger partial charge in [-0.05, 0) is 11.6 Å². The summed E-state index contributed by atoms with van der Waals surface area (Å²) in [6.07, 6.45) is 0.915. The summed E-state index contributed by atoms with van der Waals surface area (Å²) in [4.78, 5) is 0. The maximum Gasteiger partial charge on any atom is 0.356 e. The minimum atomic E-state index is 0.725. The zero-order valence-corrected chi connectivity index (χ0v) is 4.94. The van der Waals surface area contributed by atoms with E-state index in [0.717, 1.165) is 18.1 Å². The van der Waals surface area contributed by atoms with Gasteiger partial charge < -0.3 is 0 Å². The van der Waals surface area contributed by atoms with Gasteiger partial charge in [-0.2, -0.15) is 0 Å². The Morgan fingerprint density at radius 3 is 2.71 bits per heavy atom. The molecule has 3 heteroatoms. The van der Waals surface area contributed by atoms with E-state index in [0.29, 0.717) is 0 Å². The summed E-state index contributed by atoms with van der Waals surface area (Å²) in [5, 5.41) is 6.46. The van der Waals surface area contributed by atoms with Crippen molar-refractivity contribution in [2.45, 2.75) is 6.42 Å². The van der Waals surface area contributed by atoms with Gasteiger partial charge in [0.25, 0.3) is 0 Å². The van der Waals surface area contributed by atoms with Crippen molar-refractivity contribution in [1.82, 2.24) is 10.1 Å². The van der Waals surface area contributed by atoms with Crippen LogP contribution in [-0.4, -0.2) is 23.8 Å². The number of hydrogen-bond donors (Lipinski definition) is 0. The summed E-state index contributed by atoms with van der Waals surface area (Å²) in [5.74, 6) is 0. The molecule has 7 heavy (non-hydrogen) atoms. The molecular formula is C4H7ClN2+. The molecule has 1 aliphatic rings. The normalized spacial score (nSPS) is 20.3. The third-order valence-corrected chi connectivity index (χ3v) is 1.19. The Bertz CT molecular complexity index is 99.9. The minimum Gasteiger partial charge on any atom is -0.123 e. The maximum absolute atomic E-state index is 5.52. The summed E-state index contributed by atoms with van der Waals surface area (Å²) >= 11 is 5.52. The highest BCUT2D eigenvalue weighted by atomic mass is 35.5. The average Bonchev–Trinajstić information content (AvgIpc) is 1.87. The van der Waals surface area contributed by atoms with E-state index >= 15 is 0 Å². The number of rotatable bonds is 0. The van der Waals surface area contributed by atoms with E-state index in [1.54, 1.807) is 0 Å². The highest BCUT2D eigenvalue weighted by Crippen LogP contribution is 1.96. The van der Waals surface area contributed by atoms with Crippen LogP contribution in [0, 0.1) is 0 Å². The molecule has 0 spiro atoms. The van der Waals surface area contributed by atoms with Crippen LogP contribution in [0.4, 0.5) is 0 Å². The van der Waals surface area contributed by atoms with E-state index in [1.165, 1.54) is 0 Å². The van der Waals surface area contributed by atoms with E-state index in [1.807, 2.05) is 12.1 Å². The molecule has 1 aliphatic heterocycles. The Hall–Kier alpha value is -0.240. The summed E-state index contributed by atoms with van der Waals surface area (Å²) in [6.45, 7) is 0.971. The van der Waals surface area contributed by atoms with Crippen LogP contribution in [0.2, 0.25) is 0 Å². The van der Waals surface area contributed by atoms with Crippen molar-refractivity contribution < 1.29 is 0 Å². The van der Waals surface area contributed by atoms with Crippen molar-refractivity contribution in [1.29, 1.82) is 0 Å². The third-order valence-electron chi connectivity index (χ3n) is 0.921. The highest BCUT2D eigenvalue weighted by molar-refractivity contribution is 6.65. The van der Waals surface area contributed by atoms with Crippen LogP contribution in [0.5, 0.6) is 0 Å². The topological polar surface area (TPSA) is 17.3 Å². The van der Waals surface area contributed by atoms with Crippen LogP contribution in [0.3, 0.4) is 0 Å². The Morgan fingerprint density at radius 1 is 1.86 bits per heavy atom. The van der Waals surface area contributed by atoms with Gasteiger partial charge in [-0.1, -0.05) is 0 Å². The molecule has 0 saturated heterocycles. The molecule has 0 aliphatic carbocycles. The molecule has 1 radical (unpaired) electrons. The number of halogens is 1. The first-order valence-electron chi connectivity index (χ1n) is 2.23. The van der Waals surface area contributed by atoms with Crippen LogP contribution >= 0.6 is 11.6 Å². The number of nitrogens with zero attached hydrogens (tertiary/aromatic N) is 2. The molecule has 0 aromatic carbocycles. The summed E-state index contributed by atoms with van der Waals surface area (Å²) in [6, 6.07) is 0. The standard InChI is InChI=1S/C4H7ClN2/c1-7-3-2-4(5)6-7/h2-3H2,1H3/q+1. The van der Waals surface area contributed by atoms with Crippen LogP contribution in [0.15, 0.2) is 0 Å². The minimum absolute atomic E-state index is 0.725. The second-order valence-electron chi connectivity index (χ2n) is 1.61. The van der Waals surface area contributed by atoms with Gasteiger partial charge in [0.05, 0.1) is 20.0 Å². The molecule has 0 aromatic heterocycles. The molecule has 0 amide bonds. The Labute approximate surface area is 47.8 Å². The Kier molecular flexibility index (Phi) is 1.19. The lowest BCUT2D eigenvalue weighted by molar-refractivity contribution is 0.345. The summed E-state index contributed by atoms with van der Waals surface area (Å²) in [5.41, 5.74) is 0. The van der Waals surface area contributed by atoms with Crippen LogP contribution < -0.4 is 5.10 Å². The second kappa shape index (κ2) is 1.70. The molecule has 0 fully saturated rings. The zero-order chi connectivity index (χ0) is 5.28. The van der Waals surface area contributed by atoms with Crippen molar-refractivity contribution in [3.8, 4) is 0 Å². The van der Waals surface area contributed by atoms with Crippen molar-refractivity contribution in [3.63, 3.8) is 0 Å². The first-order chi connectivity index (χ1) is 3.29. The predicted molar refractivity (Wildman–Crippen MR) is 30.2 cm³/mol. The average molecular weight is 119 g/mol. The van der Waals surface area contributed by atoms with Crippen LogP contribution in [0.1, 0.15) is 6.42 Å². The largest absolute Gasteiger partial charge is 0.356 e. The van der Waals surface area contributed by atoms with Crippen molar-refractivity contribution in [2.24, 2.45) is 0 Å². The molecule has 0 saturated carbocycles. The lowest BCUT2D eigenvalue weighted by Crippen LogP contribution is -2.14. The van der Waals surface area contributed by atoms with E-state index < -0.39 is 0 Å². The first-order valence-corrected chi connectivity index (χ1v) is 2.61. The smallest absolute Gasteiger partial charge is 0.123 e. The Balaban J connectivity index is 2.50. The fourth-order valence-electron chi connectivity index (χ4n) is 0.539. The van der Waals surface area contributed by atoms with Crippen molar-refractivity contribution in [2.75, 3.05) is 13.6 Å². The second-order valence-corrected chi connectivity index (χ2v) is 2.04. The molecule has 2 nitrogen and oxygen atoms in total. The van der Waals surface area contributed by atoms with Gasteiger partial charge in [0.2, 0.25) is 0 Å². The highest BCUT2D eigenvalue weighted by Gasteiger charge is 2.21. The lowest BCUT2D eigenvalue weighted by Gasteiger charge is -1.84. The van der Waals surface area contributed by atoms with Gasteiger partial charge in [0, 0.05) is 0 Å². The van der Waals surface area contributed by atoms with Crippen molar-refractivity contribution >= 4 is 16.8 Å². The van der Waals surface area contributed by atoms with Gasteiger partial charge in [-0.15, -0.1) is 5.01 Å². The molecule has 39 valence electrons. The van der Waals surface area contributed by atoms with Gasteiger partial charge in [0.1, 0.15) is 0 Å². The van der Waals surface area contributed by atoms with Crippen LogP contribution in [0.25, 0.3) is 0 Å². The Morgan fingerprint density at radius 2 is 2.57 bits per heavy atom. The quantitative estimate of drug-likeness (QED) is 0.445. The van der Waals surface area contributed by atoms with E-state index in [9.17, 15) is 0 Å². The summed E-state index contributed by atoms with van der Waals surface area (Å²) < 4.78 is 0. The fourth-order valence-corrected chi connectivity index (χ4v) is 0.753. The molecular weight excluding hydrogens is 112 g/mol. The molecule has 1 rings (SSSR count). The zero-order valence-electron chi connectivity index (χ0n) is 4.19. The molecule has 0 aromatic rings. The van der Waals surface area contributed by atoms with Crippen LogP contribution in [-0.2, 0) is 0 Å². The first kappa shape index (κ1) is 4.91. The molecule has 0 bridgehead atoms. The summed E-state index contributed by atoms with van der Waals surface area (Å²) in [7, 11) is 1.91. The van der Waals surface area contributed by atoms with Gasteiger partial charge in [0.15, 0.2) is 5.10 Å². The molecule has 1 heterocycles. The van der Waals surface area contributed by atoms with Gasteiger partial charge >= 0.3 is 5.17 Å². The van der Waals surface area contributed by atoms with E-state index in [-0.39, 0.29) is 0 Å². The van der Waals surface area contributed by atoms with Gasteiger partial charge in [-0.3, -0.25) is 0 Å². The SMILES string of the molecule is CN1CCC(Cl)=[N+]1. The monoisotopic (exact) mass is 118 g/mol. The van der Waals surface area contributed by atoms with E-state index in [2.05, 4.69) is 5.10 Å². The van der Waals surface area contributed by atoms with Crippen molar-refractivity contribution in [3.05, 3.63) is 0 Å². The van der Waals surface area contributed by atoms with E-state index in [4.69, 9.17) is 11.6 Å². The molecule has 0 N–H and O–H groups in total. The predicted octanol–water partition coefficient (Wildman–Crippen LogP) is 0.210. The number of hydrazone groups is 1. The molecule has 0 atom stereocenters. The third kappa shape index (κ3) is 1.06. The van der Waals surface area contributed by atoms with Gasteiger partial charge in [-0.25, -0.2) is 0 Å². The number of hydrogen-bond acceptors (Lipinski definition) is 2.